The number of carbonyl (C=O) groups excluding carboxylic acids is 2. The van der Waals surface area contributed by atoms with Gasteiger partial charge in [0.25, 0.3) is 11.4 Å². The van der Waals surface area contributed by atoms with Crippen LogP contribution >= 0.6 is 0 Å². The van der Waals surface area contributed by atoms with Crippen molar-refractivity contribution >= 4 is 28.4 Å². The molecule has 2 aromatic carbocycles. The van der Waals surface area contributed by atoms with Crippen molar-refractivity contribution in [1.29, 1.82) is 0 Å². The van der Waals surface area contributed by atoms with Crippen LogP contribution in [0.4, 0.5) is 10.1 Å². The topological polar surface area (TPSA) is 107 Å². The van der Waals surface area contributed by atoms with E-state index in [1.165, 1.54) is 35.4 Å². The number of nitrogens with one attached hydrogen (secondary N) is 1. The van der Waals surface area contributed by atoms with Gasteiger partial charge in [-0.05, 0) is 42.5 Å². The van der Waals surface area contributed by atoms with E-state index in [4.69, 9.17) is 12.3 Å². The number of pyridine rings is 1. The molecule has 0 aliphatic heterocycles. The van der Waals surface area contributed by atoms with Gasteiger partial charge >= 0.3 is 0 Å². The summed E-state index contributed by atoms with van der Waals surface area (Å²) in [5.41, 5.74) is 7.69. The predicted octanol–water partition coefficient (Wildman–Crippen LogP) is 4.78. The minimum Gasteiger partial charge on any atom is -0.368 e. The largest absolute Gasteiger partial charge is 0.368 e. The highest BCUT2D eigenvalue weighted by molar-refractivity contribution is 6.07. The Morgan fingerprint density at radius 1 is 1.16 bits per heavy atom. The Kier molecular flexibility index (Phi) is 6.40. The standard InChI is InChI=1S/C28H25FN6O2/c1-31-28(19-5-3-2-4-6-19)11-9-18(10-12-28)26-22-13-20(29)7-8-24(22)32-15-23(26)27(37)34-21-14-33-35(16-21)17-25(30)36/h2-8,13-16,18H,9-12,17H2,(H2,30,36)(H,34,37). The Hall–Kier alpha value is -4.58. The van der Waals surface area contributed by atoms with E-state index in [0.717, 1.165) is 11.1 Å². The van der Waals surface area contributed by atoms with E-state index in [1.807, 2.05) is 30.3 Å². The predicted molar refractivity (Wildman–Crippen MR) is 137 cm³/mol. The highest BCUT2D eigenvalue weighted by atomic mass is 19.1. The van der Waals surface area contributed by atoms with Gasteiger partial charge in [-0.25, -0.2) is 11.0 Å². The third kappa shape index (κ3) is 4.78. The number of hydrogen-bond donors (Lipinski definition) is 2. The number of halogens is 1. The molecule has 0 radical (unpaired) electrons. The van der Waals surface area contributed by atoms with Crippen molar-refractivity contribution in [3.63, 3.8) is 0 Å². The summed E-state index contributed by atoms with van der Waals surface area (Å²) >= 11 is 0. The zero-order chi connectivity index (χ0) is 26.0. The molecule has 1 fully saturated rings. The van der Waals surface area contributed by atoms with E-state index in [2.05, 4.69) is 20.2 Å². The molecule has 0 atom stereocenters. The van der Waals surface area contributed by atoms with Crippen LogP contribution < -0.4 is 11.1 Å². The summed E-state index contributed by atoms with van der Waals surface area (Å²) in [6.07, 6.45) is 7.07. The maximum Gasteiger partial charge on any atom is 0.257 e. The van der Waals surface area contributed by atoms with E-state index in [9.17, 15) is 14.0 Å². The lowest BCUT2D eigenvalue weighted by molar-refractivity contribution is -0.118. The second kappa shape index (κ2) is 9.82. The van der Waals surface area contributed by atoms with Gasteiger partial charge in [0.15, 0.2) is 0 Å². The number of hydrogen-bond acceptors (Lipinski definition) is 4. The van der Waals surface area contributed by atoms with Gasteiger partial charge in [-0.1, -0.05) is 30.3 Å². The van der Waals surface area contributed by atoms with Gasteiger partial charge in [0.1, 0.15) is 12.4 Å². The molecular weight excluding hydrogens is 471 g/mol. The summed E-state index contributed by atoms with van der Waals surface area (Å²) in [4.78, 5) is 33.1. The van der Waals surface area contributed by atoms with E-state index in [-0.39, 0.29) is 12.5 Å². The average molecular weight is 497 g/mol. The van der Waals surface area contributed by atoms with Crippen LogP contribution in [-0.2, 0) is 16.9 Å². The van der Waals surface area contributed by atoms with Crippen molar-refractivity contribution in [3.8, 4) is 0 Å². The van der Waals surface area contributed by atoms with Crippen LogP contribution in [0, 0.1) is 12.4 Å². The van der Waals surface area contributed by atoms with Crippen molar-refractivity contribution in [2.45, 2.75) is 43.7 Å². The summed E-state index contributed by atoms with van der Waals surface area (Å²) in [7, 11) is 0. The molecule has 0 saturated heterocycles. The third-order valence-electron chi connectivity index (χ3n) is 7.07. The lowest BCUT2D eigenvalue weighted by Gasteiger charge is -2.33. The monoisotopic (exact) mass is 496 g/mol. The molecule has 0 spiro atoms. The molecule has 2 heterocycles. The number of carbonyl (C=O) groups is 2. The SMILES string of the molecule is [C-]#[N+]C1(c2ccccc2)CCC(c2c(C(=O)Nc3cnn(CC(N)=O)c3)cnc3ccc(F)cc23)CC1. The van der Waals surface area contributed by atoms with Crippen LogP contribution in [0.3, 0.4) is 0 Å². The minimum absolute atomic E-state index is 0.0516. The minimum atomic E-state index is -0.608. The molecule has 2 amide bonds. The molecule has 1 aliphatic carbocycles. The smallest absolute Gasteiger partial charge is 0.257 e. The van der Waals surface area contributed by atoms with Crippen molar-refractivity contribution < 1.29 is 14.0 Å². The number of fused-ring (bicyclic) bond motifs is 1. The first-order valence-electron chi connectivity index (χ1n) is 12.0. The molecule has 186 valence electrons. The zero-order valence-electron chi connectivity index (χ0n) is 20.0. The normalized spacial score (nSPS) is 19.3. The average Bonchev–Trinajstić information content (AvgIpc) is 3.34. The molecule has 3 N–H and O–H groups in total. The Morgan fingerprint density at radius 2 is 1.92 bits per heavy atom. The first-order chi connectivity index (χ1) is 17.9. The highest BCUT2D eigenvalue weighted by Crippen LogP contribution is 2.47. The van der Waals surface area contributed by atoms with Crippen molar-refractivity contribution in [3.05, 3.63) is 101 Å². The zero-order valence-corrected chi connectivity index (χ0v) is 20.0. The summed E-state index contributed by atoms with van der Waals surface area (Å²) in [5, 5.41) is 7.44. The van der Waals surface area contributed by atoms with Gasteiger partial charge in [0.05, 0.1) is 23.0 Å². The van der Waals surface area contributed by atoms with Gasteiger partial charge in [-0.3, -0.25) is 19.3 Å². The molecule has 8 nitrogen and oxygen atoms in total. The first kappa shape index (κ1) is 24.1. The molecule has 37 heavy (non-hydrogen) atoms. The summed E-state index contributed by atoms with van der Waals surface area (Å²) in [6, 6.07) is 14.2. The van der Waals surface area contributed by atoms with Crippen LogP contribution in [0.15, 0.2) is 67.1 Å². The lowest BCUT2D eigenvalue weighted by Crippen LogP contribution is -2.29. The Balaban J connectivity index is 1.49. The Morgan fingerprint density at radius 3 is 2.62 bits per heavy atom. The number of rotatable bonds is 6. The second-order valence-electron chi connectivity index (χ2n) is 9.38. The molecule has 1 aliphatic rings. The maximum absolute atomic E-state index is 14.4. The maximum atomic E-state index is 14.4. The van der Waals surface area contributed by atoms with Crippen LogP contribution in [0.1, 0.15) is 53.1 Å². The molecule has 0 unspecified atom stereocenters. The Labute approximate surface area is 213 Å². The number of nitrogens with two attached hydrogens (primary N) is 1. The number of primary amides is 1. The second-order valence-corrected chi connectivity index (χ2v) is 9.38. The highest BCUT2D eigenvalue weighted by Gasteiger charge is 2.43. The molecule has 4 aromatic rings. The molecule has 9 heteroatoms. The third-order valence-corrected chi connectivity index (χ3v) is 7.07. The summed E-state index contributed by atoms with van der Waals surface area (Å²) < 4.78 is 15.7. The fourth-order valence-corrected chi connectivity index (χ4v) is 5.28. The van der Waals surface area contributed by atoms with Crippen LogP contribution in [0.25, 0.3) is 15.7 Å². The van der Waals surface area contributed by atoms with E-state index in [0.29, 0.717) is 47.8 Å². The number of aromatic nitrogens is 3. The van der Waals surface area contributed by atoms with Crippen molar-refractivity contribution in [2.75, 3.05) is 5.32 Å². The first-order valence-corrected chi connectivity index (χ1v) is 12.0. The van der Waals surface area contributed by atoms with E-state index in [1.54, 1.807) is 6.07 Å². The lowest BCUT2D eigenvalue weighted by atomic mass is 9.70. The van der Waals surface area contributed by atoms with Crippen LogP contribution in [0.5, 0.6) is 0 Å². The van der Waals surface area contributed by atoms with Gasteiger partial charge in [0.2, 0.25) is 5.91 Å². The fraction of sp³-hybridized carbons (Fsp3) is 0.250. The quantitative estimate of drug-likeness (QED) is 0.375. The van der Waals surface area contributed by atoms with E-state index < -0.39 is 23.2 Å². The number of anilines is 1. The van der Waals surface area contributed by atoms with Crippen molar-refractivity contribution in [2.24, 2.45) is 5.73 Å². The number of nitrogens with zero attached hydrogens (tertiary/aromatic N) is 4. The number of amides is 2. The summed E-state index contributed by atoms with van der Waals surface area (Å²) in [6.45, 7) is 7.85. The van der Waals surface area contributed by atoms with Gasteiger partial charge in [-0.15, -0.1) is 0 Å². The molecule has 1 saturated carbocycles. The van der Waals surface area contributed by atoms with Gasteiger partial charge in [0, 0.05) is 36.2 Å². The number of benzene rings is 2. The molecule has 5 rings (SSSR count). The summed E-state index contributed by atoms with van der Waals surface area (Å²) in [5.74, 6) is -1.41. The van der Waals surface area contributed by atoms with Gasteiger partial charge < -0.3 is 15.9 Å². The van der Waals surface area contributed by atoms with E-state index >= 15 is 0 Å². The molecule has 2 aromatic heterocycles. The fourth-order valence-electron chi connectivity index (χ4n) is 5.28. The molecule has 0 bridgehead atoms. The van der Waals surface area contributed by atoms with Crippen LogP contribution in [0.2, 0.25) is 0 Å². The van der Waals surface area contributed by atoms with Crippen LogP contribution in [-0.4, -0.2) is 26.6 Å². The van der Waals surface area contributed by atoms with Crippen molar-refractivity contribution in [1.82, 2.24) is 14.8 Å². The molecular formula is C28H25FN6O2. The Bertz CT molecular complexity index is 1520. The van der Waals surface area contributed by atoms with Gasteiger partial charge in [-0.2, -0.15) is 5.10 Å².